The quantitative estimate of drug-likeness (QED) is 0.902. The van der Waals surface area contributed by atoms with Gasteiger partial charge in [0.2, 0.25) is 0 Å². The van der Waals surface area contributed by atoms with Crippen LogP contribution in [-0.2, 0) is 17.8 Å². The zero-order valence-electron chi connectivity index (χ0n) is 9.81. The Morgan fingerprint density at radius 1 is 1.39 bits per heavy atom. The number of nitrogens with zero attached hydrogens (tertiary/aromatic N) is 1. The van der Waals surface area contributed by atoms with E-state index in [1.807, 2.05) is 6.92 Å². The van der Waals surface area contributed by atoms with Gasteiger partial charge in [-0.05, 0) is 25.1 Å². The first-order valence-electron chi connectivity index (χ1n) is 5.56. The van der Waals surface area contributed by atoms with E-state index in [9.17, 15) is 14.0 Å². The Morgan fingerprint density at radius 2 is 2.11 bits per heavy atom. The SMILES string of the molecule is CCn1c(CC(=O)O)cc(=O)c2cc(F)ccc21. The van der Waals surface area contributed by atoms with Gasteiger partial charge in [-0.2, -0.15) is 0 Å². The van der Waals surface area contributed by atoms with Gasteiger partial charge in [-0.15, -0.1) is 0 Å². The van der Waals surface area contributed by atoms with Crippen molar-refractivity contribution in [3.05, 3.63) is 46.0 Å². The minimum Gasteiger partial charge on any atom is -0.481 e. The highest BCUT2D eigenvalue weighted by molar-refractivity contribution is 5.80. The number of halogens is 1. The van der Waals surface area contributed by atoms with Gasteiger partial charge in [0.1, 0.15) is 5.82 Å². The number of aryl methyl sites for hydroxylation is 1. The minimum absolute atomic E-state index is 0.226. The largest absolute Gasteiger partial charge is 0.481 e. The molecule has 1 aromatic heterocycles. The molecular formula is C13H12FNO3. The van der Waals surface area contributed by atoms with Crippen LogP contribution in [0.25, 0.3) is 10.9 Å². The lowest BCUT2D eigenvalue weighted by atomic mass is 10.1. The first kappa shape index (κ1) is 12.3. The van der Waals surface area contributed by atoms with Crippen LogP contribution < -0.4 is 5.43 Å². The predicted molar refractivity (Wildman–Crippen MR) is 65.2 cm³/mol. The molecule has 2 rings (SSSR count). The Balaban J connectivity index is 2.79. The van der Waals surface area contributed by atoms with Crippen LogP contribution >= 0.6 is 0 Å². The molecule has 0 amide bonds. The van der Waals surface area contributed by atoms with Gasteiger partial charge in [0, 0.05) is 23.7 Å². The van der Waals surface area contributed by atoms with E-state index in [0.717, 1.165) is 0 Å². The van der Waals surface area contributed by atoms with Gasteiger partial charge in [0.25, 0.3) is 0 Å². The molecule has 0 saturated carbocycles. The van der Waals surface area contributed by atoms with Crippen molar-refractivity contribution >= 4 is 16.9 Å². The first-order chi connectivity index (χ1) is 8.52. The molecule has 1 aromatic carbocycles. The zero-order chi connectivity index (χ0) is 13.3. The molecule has 0 aliphatic heterocycles. The van der Waals surface area contributed by atoms with E-state index in [1.54, 1.807) is 4.57 Å². The second-order valence-corrected chi connectivity index (χ2v) is 3.98. The van der Waals surface area contributed by atoms with Crippen molar-refractivity contribution < 1.29 is 14.3 Å². The second-order valence-electron chi connectivity index (χ2n) is 3.98. The molecular weight excluding hydrogens is 237 g/mol. The normalized spacial score (nSPS) is 10.8. The third kappa shape index (κ3) is 2.11. The zero-order valence-corrected chi connectivity index (χ0v) is 9.81. The average Bonchev–Trinajstić information content (AvgIpc) is 2.29. The third-order valence-electron chi connectivity index (χ3n) is 2.81. The molecule has 0 radical (unpaired) electrons. The van der Waals surface area contributed by atoms with Crippen LogP contribution in [0.3, 0.4) is 0 Å². The van der Waals surface area contributed by atoms with Gasteiger partial charge in [-0.3, -0.25) is 9.59 Å². The van der Waals surface area contributed by atoms with Gasteiger partial charge in [-0.25, -0.2) is 4.39 Å². The molecule has 0 unspecified atom stereocenters. The third-order valence-corrected chi connectivity index (χ3v) is 2.81. The number of carboxylic acids is 1. The number of carbonyl (C=O) groups is 1. The van der Waals surface area contributed by atoms with Crippen LogP contribution in [0.15, 0.2) is 29.1 Å². The highest BCUT2D eigenvalue weighted by atomic mass is 19.1. The Morgan fingerprint density at radius 3 is 2.72 bits per heavy atom. The van der Waals surface area contributed by atoms with Crippen molar-refractivity contribution in [1.29, 1.82) is 0 Å². The average molecular weight is 249 g/mol. The summed E-state index contributed by atoms with van der Waals surface area (Å²) in [6, 6.07) is 5.20. The molecule has 1 heterocycles. The molecule has 2 aromatic rings. The molecule has 0 atom stereocenters. The van der Waals surface area contributed by atoms with E-state index in [2.05, 4.69) is 0 Å². The molecule has 5 heteroatoms. The number of aliphatic carboxylic acids is 1. The Kier molecular flexibility index (Phi) is 3.14. The number of hydrogen-bond acceptors (Lipinski definition) is 2. The van der Waals surface area contributed by atoms with E-state index in [0.29, 0.717) is 17.8 Å². The maximum atomic E-state index is 13.1. The van der Waals surface area contributed by atoms with Crippen molar-refractivity contribution in [2.45, 2.75) is 19.9 Å². The summed E-state index contributed by atoms with van der Waals surface area (Å²) in [4.78, 5) is 22.6. The molecule has 0 fully saturated rings. The second kappa shape index (κ2) is 4.60. The van der Waals surface area contributed by atoms with E-state index in [1.165, 1.54) is 24.3 Å². The maximum Gasteiger partial charge on any atom is 0.309 e. The molecule has 0 aliphatic carbocycles. The molecule has 0 spiro atoms. The fourth-order valence-electron chi connectivity index (χ4n) is 2.08. The maximum absolute atomic E-state index is 13.1. The van der Waals surface area contributed by atoms with Crippen LogP contribution in [0.4, 0.5) is 4.39 Å². The number of fused-ring (bicyclic) bond motifs is 1. The van der Waals surface area contributed by atoms with Crippen LogP contribution in [-0.4, -0.2) is 15.6 Å². The van der Waals surface area contributed by atoms with Gasteiger partial charge < -0.3 is 9.67 Å². The standard InChI is InChI=1S/C13H12FNO3/c1-2-15-9(7-13(17)18)6-12(16)10-5-8(14)3-4-11(10)15/h3-6H,2,7H2,1H3,(H,17,18). The molecule has 94 valence electrons. The van der Waals surface area contributed by atoms with Gasteiger partial charge in [0.05, 0.1) is 11.9 Å². The van der Waals surface area contributed by atoms with Crippen molar-refractivity contribution in [1.82, 2.24) is 4.57 Å². The lowest BCUT2D eigenvalue weighted by Gasteiger charge is -2.13. The van der Waals surface area contributed by atoms with E-state index >= 15 is 0 Å². The van der Waals surface area contributed by atoms with E-state index in [-0.39, 0.29) is 17.2 Å². The number of hydrogen-bond donors (Lipinski definition) is 1. The lowest BCUT2D eigenvalue weighted by molar-refractivity contribution is -0.136. The minimum atomic E-state index is -1.00. The van der Waals surface area contributed by atoms with Gasteiger partial charge in [0.15, 0.2) is 5.43 Å². The van der Waals surface area contributed by atoms with Crippen LogP contribution in [0.5, 0.6) is 0 Å². The van der Waals surface area contributed by atoms with Crippen molar-refractivity contribution in [3.8, 4) is 0 Å². The molecule has 4 nitrogen and oxygen atoms in total. The smallest absolute Gasteiger partial charge is 0.309 e. The van der Waals surface area contributed by atoms with Gasteiger partial charge in [-0.1, -0.05) is 0 Å². The van der Waals surface area contributed by atoms with Crippen molar-refractivity contribution in [2.24, 2.45) is 0 Å². The summed E-state index contributed by atoms with van der Waals surface area (Å²) < 4.78 is 14.8. The first-order valence-corrected chi connectivity index (χ1v) is 5.56. The predicted octanol–water partition coefficient (Wildman–Crippen LogP) is 1.79. The van der Waals surface area contributed by atoms with Crippen molar-refractivity contribution in [3.63, 3.8) is 0 Å². The molecule has 0 saturated heterocycles. The van der Waals surface area contributed by atoms with Crippen molar-refractivity contribution in [2.75, 3.05) is 0 Å². The van der Waals surface area contributed by atoms with Crippen LogP contribution in [0.1, 0.15) is 12.6 Å². The highest BCUT2D eigenvalue weighted by Gasteiger charge is 2.11. The molecule has 18 heavy (non-hydrogen) atoms. The summed E-state index contributed by atoms with van der Waals surface area (Å²) in [6.45, 7) is 2.36. The molecule has 0 aliphatic rings. The van der Waals surface area contributed by atoms with Crippen LogP contribution in [0, 0.1) is 5.82 Å². The summed E-state index contributed by atoms with van der Waals surface area (Å²) in [6.07, 6.45) is -0.226. The number of carboxylic acid groups (broad SMARTS) is 1. The topological polar surface area (TPSA) is 59.3 Å². The fourth-order valence-corrected chi connectivity index (χ4v) is 2.08. The number of rotatable bonds is 3. The fraction of sp³-hybridized carbons (Fsp3) is 0.231. The Labute approximate surface area is 102 Å². The Bertz CT molecular complexity index is 676. The van der Waals surface area contributed by atoms with E-state index in [4.69, 9.17) is 5.11 Å². The molecule has 1 N–H and O–H groups in total. The number of pyridine rings is 1. The highest BCUT2D eigenvalue weighted by Crippen LogP contribution is 2.15. The lowest BCUT2D eigenvalue weighted by Crippen LogP contribution is -2.16. The Hall–Kier alpha value is -2.17. The summed E-state index contributed by atoms with van der Waals surface area (Å²) >= 11 is 0. The van der Waals surface area contributed by atoms with E-state index < -0.39 is 11.8 Å². The monoisotopic (exact) mass is 249 g/mol. The summed E-state index contributed by atoms with van der Waals surface area (Å²) in [7, 11) is 0. The number of aromatic nitrogens is 1. The van der Waals surface area contributed by atoms with Crippen LogP contribution in [0.2, 0.25) is 0 Å². The summed E-state index contributed by atoms with van der Waals surface area (Å²) in [5, 5.41) is 9.09. The molecule has 0 bridgehead atoms. The summed E-state index contributed by atoms with van der Waals surface area (Å²) in [5.74, 6) is -1.48. The van der Waals surface area contributed by atoms with Gasteiger partial charge >= 0.3 is 5.97 Å². The number of benzene rings is 1. The summed E-state index contributed by atoms with van der Waals surface area (Å²) in [5.41, 5.74) is 0.627.